The summed E-state index contributed by atoms with van der Waals surface area (Å²) in [5.74, 6) is -0.587. The summed E-state index contributed by atoms with van der Waals surface area (Å²) < 4.78 is 0. The molecule has 5 nitrogen and oxygen atoms in total. The molecule has 2 rings (SSSR count). The second-order valence-corrected chi connectivity index (χ2v) is 5.57. The molecule has 3 N–H and O–H groups in total. The summed E-state index contributed by atoms with van der Waals surface area (Å²) in [4.78, 5) is 22.6. The van der Waals surface area contributed by atoms with E-state index in [1.807, 2.05) is 0 Å². The van der Waals surface area contributed by atoms with Gasteiger partial charge in [-0.05, 0) is 30.9 Å². The van der Waals surface area contributed by atoms with Crippen LogP contribution in [-0.4, -0.2) is 23.7 Å². The third kappa shape index (κ3) is 3.55. The van der Waals surface area contributed by atoms with Crippen LogP contribution in [0.2, 0.25) is 10.0 Å². The van der Waals surface area contributed by atoms with E-state index in [4.69, 9.17) is 28.3 Å². The van der Waals surface area contributed by atoms with Crippen molar-refractivity contribution in [2.75, 3.05) is 11.9 Å². The minimum atomic E-state index is -1.13. The maximum absolute atomic E-state index is 11.7. The molecule has 2 amide bonds. The van der Waals surface area contributed by atoms with Crippen molar-refractivity contribution in [1.29, 1.82) is 0 Å². The average molecular weight is 317 g/mol. The summed E-state index contributed by atoms with van der Waals surface area (Å²) >= 11 is 11.9. The van der Waals surface area contributed by atoms with E-state index in [9.17, 15) is 9.59 Å². The number of benzene rings is 1. The second kappa shape index (κ2) is 6.33. The van der Waals surface area contributed by atoms with Gasteiger partial charge in [0.2, 0.25) is 0 Å². The standard InChI is InChI=1S/C13H14Cl2N2O3/c14-9-4-8(12(18)19)5-10(15)11(9)17-13(20)16-6-7-2-1-3-7/h4-5,7H,1-3,6H2,(H,18,19)(H2,16,17,20). The fourth-order valence-electron chi connectivity index (χ4n) is 1.91. The minimum absolute atomic E-state index is 0.0274. The molecule has 0 aliphatic heterocycles. The van der Waals surface area contributed by atoms with Crippen LogP contribution in [0.25, 0.3) is 0 Å². The Bertz CT molecular complexity index is 521. The van der Waals surface area contributed by atoms with Crippen molar-refractivity contribution in [2.24, 2.45) is 5.92 Å². The first-order chi connectivity index (χ1) is 9.47. The molecule has 1 aliphatic rings. The summed E-state index contributed by atoms with van der Waals surface area (Å²) in [5, 5.41) is 14.3. The van der Waals surface area contributed by atoms with Crippen LogP contribution in [0.5, 0.6) is 0 Å². The Morgan fingerprint density at radius 1 is 1.25 bits per heavy atom. The van der Waals surface area contributed by atoms with Gasteiger partial charge in [0, 0.05) is 6.54 Å². The lowest BCUT2D eigenvalue weighted by molar-refractivity contribution is 0.0697. The van der Waals surface area contributed by atoms with Gasteiger partial charge in [-0.3, -0.25) is 0 Å². The molecular formula is C13H14Cl2N2O3. The van der Waals surface area contributed by atoms with E-state index in [-0.39, 0.29) is 21.3 Å². The Morgan fingerprint density at radius 2 is 1.85 bits per heavy atom. The first-order valence-corrected chi connectivity index (χ1v) is 7.00. The maximum atomic E-state index is 11.7. The smallest absolute Gasteiger partial charge is 0.335 e. The molecular weight excluding hydrogens is 303 g/mol. The molecule has 1 aliphatic carbocycles. The van der Waals surface area contributed by atoms with Gasteiger partial charge in [0.15, 0.2) is 0 Å². The number of aromatic carboxylic acids is 1. The van der Waals surface area contributed by atoms with Crippen molar-refractivity contribution >= 4 is 40.9 Å². The Balaban J connectivity index is 2.00. The van der Waals surface area contributed by atoms with Crippen molar-refractivity contribution < 1.29 is 14.7 Å². The molecule has 7 heteroatoms. The van der Waals surface area contributed by atoms with E-state index in [1.54, 1.807) is 0 Å². The lowest BCUT2D eigenvalue weighted by Crippen LogP contribution is -2.35. The molecule has 0 unspecified atom stereocenters. The number of nitrogens with one attached hydrogen (secondary N) is 2. The molecule has 1 aromatic carbocycles. The lowest BCUT2D eigenvalue weighted by atomic mass is 9.85. The highest BCUT2D eigenvalue weighted by molar-refractivity contribution is 6.40. The molecule has 20 heavy (non-hydrogen) atoms. The van der Waals surface area contributed by atoms with Crippen LogP contribution in [0.15, 0.2) is 12.1 Å². The van der Waals surface area contributed by atoms with E-state index in [0.717, 1.165) is 12.8 Å². The molecule has 0 heterocycles. The zero-order valence-electron chi connectivity index (χ0n) is 10.6. The normalized spacial score (nSPS) is 14.5. The summed E-state index contributed by atoms with van der Waals surface area (Å²) in [7, 11) is 0. The molecule has 1 saturated carbocycles. The van der Waals surface area contributed by atoms with Gasteiger partial charge in [-0.25, -0.2) is 9.59 Å². The molecule has 0 saturated heterocycles. The monoisotopic (exact) mass is 316 g/mol. The number of hydrogen-bond acceptors (Lipinski definition) is 2. The van der Waals surface area contributed by atoms with Crippen molar-refractivity contribution in [3.05, 3.63) is 27.7 Å². The minimum Gasteiger partial charge on any atom is -0.478 e. The van der Waals surface area contributed by atoms with Crippen LogP contribution in [-0.2, 0) is 0 Å². The Morgan fingerprint density at radius 3 is 2.30 bits per heavy atom. The predicted octanol–water partition coefficient (Wildman–Crippen LogP) is 3.61. The van der Waals surface area contributed by atoms with Gasteiger partial charge >= 0.3 is 12.0 Å². The van der Waals surface area contributed by atoms with Crippen LogP contribution in [0.4, 0.5) is 10.5 Å². The van der Waals surface area contributed by atoms with Gasteiger partial charge < -0.3 is 15.7 Å². The van der Waals surface area contributed by atoms with E-state index in [1.165, 1.54) is 18.6 Å². The number of carbonyl (C=O) groups is 2. The lowest BCUT2D eigenvalue weighted by Gasteiger charge is -2.25. The Kier molecular flexibility index (Phi) is 4.73. The van der Waals surface area contributed by atoms with Crippen molar-refractivity contribution in [3.8, 4) is 0 Å². The van der Waals surface area contributed by atoms with Crippen LogP contribution in [0.3, 0.4) is 0 Å². The molecule has 1 fully saturated rings. The third-order valence-electron chi connectivity index (χ3n) is 3.30. The van der Waals surface area contributed by atoms with Gasteiger partial charge in [-0.2, -0.15) is 0 Å². The number of anilines is 1. The average Bonchev–Trinajstić information content (AvgIpc) is 2.31. The topological polar surface area (TPSA) is 78.4 Å². The molecule has 0 radical (unpaired) electrons. The highest BCUT2D eigenvalue weighted by Crippen LogP contribution is 2.32. The number of carbonyl (C=O) groups excluding carboxylic acids is 1. The molecule has 0 aromatic heterocycles. The van der Waals surface area contributed by atoms with Crippen molar-refractivity contribution in [1.82, 2.24) is 5.32 Å². The number of carboxylic acids is 1. The molecule has 1 aromatic rings. The van der Waals surface area contributed by atoms with Crippen LogP contribution >= 0.6 is 23.2 Å². The van der Waals surface area contributed by atoms with Crippen molar-refractivity contribution in [2.45, 2.75) is 19.3 Å². The predicted molar refractivity (Wildman–Crippen MR) is 77.8 cm³/mol. The van der Waals surface area contributed by atoms with Gasteiger partial charge in [-0.1, -0.05) is 29.6 Å². The number of carboxylic acid groups (broad SMARTS) is 1. The summed E-state index contributed by atoms with van der Waals surface area (Å²) in [5.41, 5.74) is 0.185. The summed E-state index contributed by atoms with van der Waals surface area (Å²) in [6.45, 7) is 0.619. The number of hydrogen-bond donors (Lipinski definition) is 3. The van der Waals surface area contributed by atoms with E-state index in [2.05, 4.69) is 10.6 Å². The van der Waals surface area contributed by atoms with Gasteiger partial charge in [0.25, 0.3) is 0 Å². The fraction of sp³-hybridized carbons (Fsp3) is 0.385. The van der Waals surface area contributed by atoms with E-state index >= 15 is 0 Å². The van der Waals surface area contributed by atoms with E-state index in [0.29, 0.717) is 12.5 Å². The van der Waals surface area contributed by atoms with Crippen LogP contribution < -0.4 is 10.6 Å². The Hall–Kier alpha value is -1.46. The van der Waals surface area contributed by atoms with Crippen LogP contribution in [0.1, 0.15) is 29.6 Å². The molecule has 0 spiro atoms. The molecule has 108 valence electrons. The highest BCUT2D eigenvalue weighted by Gasteiger charge is 2.19. The van der Waals surface area contributed by atoms with Gasteiger partial charge in [-0.15, -0.1) is 0 Å². The van der Waals surface area contributed by atoms with Crippen molar-refractivity contribution in [3.63, 3.8) is 0 Å². The quantitative estimate of drug-likeness (QED) is 0.794. The van der Waals surface area contributed by atoms with Gasteiger partial charge in [0.1, 0.15) is 0 Å². The first-order valence-electron chi connectivity index (χ1n) is 6.24. The van der Waals surface area contributed by atoms with E-state index < -0.39 is 12.0 Å². The fourth-order valence-corrected chi connectivity index (χ4v) is 2.49. The zero-order valence-corrected chi connectivity index (χ0v) is 12.1. The first kappa shape index (κ1) is 14.9. The highest BCUT2D eigenvalue weighted by atomic mass is 35.5. The zero-order chi connectivity index (χ0) is 14.7. The Labute approximate surface area is 126 Å². The summed E-state index contributed by atoms with van der Waals surface area (Å²) in [6.07, 6.45) is 3.48. The largest absolute Gasteiger partial charge is 0.478 e. The number of urea groups is 1. The molecule has 0 atom stereocenters. The maximum Gasteiger partial charge on any atom is 0.335 e. The summed E-state index contributed by atoms with van der Waals surface area (Å²) in [6, 6.07) is 2.10. The number of rotatable bonds is 4. The number of halogens is 2. The molecule has 0 bridgehead atoms. The third-order valence-corrected chi connectivity index (χ3v) is 3.90. The number of amides is 2. The second-order valence-electron chi connectivity index (χ2n) is 4.75. The van der Waals surface area contributed by atoms with Gasteiger partial charge in [0.05, 0.1) is 21.3 Å². The van der Waals surface area contributed by atoms with Crippen LogP contribution in [0, 0.1) is 5.92 Å². The SMILES string of the molecule is O=C(NCC1CCC1)Nc1c(Cl)cc(C(=O)O)cc1Cl.